The Morgan fingerprint density at radius 1 is 1.19 bits per heavy atom. The zero-order chi connectivity index (χ0) is 18.5. The van der Waals surface area contributed by atoms with Crippen LogP contribution in [0.25, 0.3) is 0 Å². The van der Waals surface area contributed by atoms with E-state index in [0.717, 1.165) is 54.6 Å². The Labute approximate surface area is 164 Å². The van der Waals surface area contributed by atoms with Gasteiger partial charge in [-0.3, -0.25) is 9.69 Å². The number of benzene rings is 2. The van der Waals surface area contributed by atoms with Gasteiger partial charge in [0.15, 0.2) is 0 Å². The number of carbonyl (C=O) groups is 1. The largest absolute Gasteiger partial charge is 0.325 e. The molecule has 0 unspecified atom stereocenters. The second kappa shape index (κ2) is 8.83. The predicted octanol–water partition coefficient (Wildman–Crippen LogP) is 5.17. The van der Waals surface area contributed by atoms with Crippen molar-refractivity contribution >= 4 is 27.5 Å². The molecular weight excluding hydrogens is 388 g/mol. The number of nitrogens with zero attached hydrogens (tertiary/aromatic N) is 1. The van der Waals surface area contributed by atoms with E-state index in [0.29, 0.717) is 0 Å². The van der Waals surface area contributed by atoms with Gasteiger partial charge >= 0.3 is 0 Å². The minimum absolute atomic E-state index is 0.109. The summed E-state index contributed by atoms with van der Waals surface area (Å²) < 4.78 is 1.12. The Balaban J connectivity index is 1.56. The average Bonchev–Trinajstić information content (AvgIpc) is 2.64. The number of aryl methyl sites for hydroxylation is 2. The number of rotatable bonds is 5. The van der Waals surface area contributed by atoms with Gasteiger partial charge in [-0.25, -0.2) is 0 Å². The number of amides is 1. The van der Waals surface area contributed by atoms with E-state index in [2.05, 4.69) is 82.5 Å². The van der Waals surface area contributed by atoms with Crippen molar-refractivity contribution in [2.75, 3.05) is 18.4 Å². The monoisotopic (exact) mass is 414 g/mol. The first-order valence-corrected chi connectivity index (χ1v) is 10.2. The lowest BCUT2D eigenvalue weighted by molar-refractivity contribution is -0.121. The van der Waals surface area contributed by atoms with Crippen molar-refractivity contribution in [2.24, 2.45) is 5.92 Å². The third kappa shape index (κ3) is 4.74. The fourth-order valence-corrected chi connectivity index (χ4v) is 4.12. The van der Waals surface area contributed by atoms with Crippen LogP contribution in [0.2, 0.25) is 0 Å². The molecule has 0 atom stereocenters. The van der Waals surface area contributed by atoms with Crippen LogP contribution in [0.3, 0.4) is 0 Å². The molecule has 1 heterocycles. The van der Waals surface area contributed by atoms with E-state index in [1.54, 1.807) is 0 Å². The molecule has 0 bridgehead atoms. The van der Waals surface area contributed by atoms with E-state index in [-0.39, 0.29) is 11.8 Å². The summed E-state index contributed by atoms with van der Waals surface area (Å²) in [4.78, 5) is 15.2. The summed E-state index contributed by atoms with van der Waals surface area (Å²) in [5.41, 5.74) is 4.68. The fraction of sp³-hybridized carbons (Fsp3) is 0.409. The molecule has 1 N–H and O–H groups in total. The van der Waals surface area contributed by atoms with E-state index in [1.165, 1.54) is 11.1 Å². The molecule has 3 rings (SSSR count). The molecule has 0 aliphatic carbocycles. The maximum absolute atomic E-state index is 12.8. The van der Waals surface area contributed by atoms with Crippen LogP contribution < -0.4 is 5.32 Å². The smallest absolute Gasteiger partial charge is 0.227 e. The lowest BCUT2D eigenvalue weighted by Crippen LogP contribution is -2.38. The van der Waals surface area contributed by atoms with Crippen LogP contribution in [0.15, 0.2) is 46.9 Å². The molecule has 3 nitrogen and oxygen atoms in total. The van der Waals surface area contributed by atoms with Crippen LogP contribution in [0.5, 0.6) is 0 Å². The van der Waals surface area contributed by atoms with Crippen molar-refractivity contribution in [1.29, 1.82) is 0 Å². The summed E-state index contributed by atoms with van der Waals surface area (Å²) in [5, 5.41) is 3.21. The first-order chi connectivity index (χ1) is 12.6. The second-order valence-electron chi connectivity index (χ2n) is 7.13. The number of hydrogen-bond donors (Lipinski definition) is 1. The predicted molar refractivity (Wildman–Crippen MR) is 111 cm³/mol. The van der Waals surface area contributed by atoms with Gasteiger partial charge in [0.05, 0.1) is 0 Å². The molecular formula is C22H27BrN2O. The van der Waals surface area contributed by atoms with Gasteiger partial charge in [0.25, 0.3) is 0 Å². The topological polar surface area (TPSA) is 32.3 Å². The average molecular weight is 415 g/mol. The van der Waals surface area contributed by atoms with Crippen LogP contribution in [0.1, 0.15) is 36.5 Å². The molecule has 0 radical (unpaired) electrons. The van der Waals surface area contributed by atoms with Crippen LogP contribution >= 0.6 is 15.9 Å². The molecule has 0 saturated carbocycles. The summed E-state index contributed by atoms with van der Waals surface area (Å²) in [6.45, 7) is 7.09. The molecule has 1 aliphatic heterocycles. The molecule has 1 fully saturated rings. The summed E-state index contributed by atoms with van der Waals surface area (Å²) in [6.07, 6.45) is 2.78. The number of likely N-dealkylation sites (tertiary alicyclic amines) is 1. The molecule has 1 aliphatic rings. The van der Waals surface area contributed by atoms with Crippen LogP contribution in [-0.2, 0) is 17.8 Å². The first-order valence-electron chi connectivity index (χ1n) is 9.43. The van der Waals surface area contributed by atoms with Crippen molar-refractivity contribution in [3.05, 3.63) is 63.6 Å². The number of carbonyl (C=O) groups excluding carboxylic acids is 1. The lowest BCUT2D eigenvalue weighted by atomic mass is 9.95. The minimum Gasteiger partial charge on any atom is -0.325 e. The normalized spacial score (nSPS) is 15.8. The maximum Gasteiger partial charge on any atom is 0.227 e. The van der Waals surface area contributed by atoms with Gasteiger partial charge in [-0.2, -0.15) is 0 Å². The number of anilines is 1. The summed E-state index contributed by atoms with van der Waals surface area (Å²) in [7, 11) is 0. The Kier molecular flexibility index (Phi) is 6.49. The van der Waals surface area contributed by atoms with Crippen molar-refractivity contribution in [2.45, 2.75) is 39.7 Å². The van der Waals surface area contributed by atoms with E-state index < -0.39 is 0 Å². The molecule has 2 aromatic rings. The summed E-state index contributed by atoms with van der Waals surface area (Å²) in [5.74, 6) is 0.286. The number of piperidine rings is 1. The van der Waals surface area contributed by atoms with Gasteiger partial charge in [-0.1, -0.05) is 53.2 Å². The fourth-order valence-electron chi connectivity index (χ4n) is 3.67. The van der Waals surface area contributed by atoms with E-state index in [1.807, 2.05) is 0 Å². The molecule has 1 saturated heterocycles. The van der Waals surface area contributed by atoms with Gasteiger partial charge in [0, 0.05) is 22.6 Å². The summed E-state index contributed by atoms with van der Waals surface area (Å²) in [6, 6.07) is 14.7. The molecule has 4 heteroatoms. The number of halogens is 1. The number of hydrogen-bond acceptors (Lipinski definition) is 2. The highest BCUT2D eigenvalue weighted by Crippen LogP contribution is 2.25. The van der Waals surface area contributed by atoms with Gasteiger partial charge in [0.1, 0.15) is 0 Å². The van der Waals surface area contributed by atoms with Crippen LogP contribution in [0, 0.1) is 12.8 Å². The van der Waals surface area contributed by atoms with Gasteiger partial charge in [0.2, 0.25) is 5.91 Å². The maximum atomic E-state index is 12.8. The van der Waals surface area contributed by atoms with E-state index in [9.17, 15) is 4.79 Å². The lowest BCUT2D eigenvalue weighted by Gasteiger charge is -2.31. The third-order valence-corrected chi connectivity index (χ3v) is 5.74. The minimum atomic E-state index is 0.109. The number of nitrogens with one attached hydrogen (secondary N) is 1. The molecule has 0 spiro atoms. The van der Waals surface area contributed by atoms with Crippen molar-refractivity contribution in [3.63, 3.8) is 0 Å². The number of para-hydroxylation sites is 1. The molecule has 2 aromatic carbocycles. The Bertz CT molecular complexity index is 766. The summed E-state index contributed by atoms with van der Waals surface area (Å²) >= 11 is 3.53. The highest BCUT2D eigenvalue weighted by Gasteiger charge is 2.25. The second-order valence-corrected chi connectivity index (χ2v) is 8.05. The van der Waals surface area contributed by atoms with Crippen LogP contribution in [0.4, 0.5) is 5.69 Å². The molecule has 138 valence electrons. The highest BCUT2D eigenvalue weighted by molar-refractivity contribution is 9.10. The SMILES string of the molecule is CCc1cccc(C)c1NC(=O)C1CCN(Cc2cccc(Br)c2)CC1. The molecule has 1 amide bonds. The molecule has 0 aromatic heterocycles. The van der Waals surface area contributed by atoms with Gasteiger partial charge < -0.3 is 5.32 Å². The zero-order valence-electron chi connectivity index (χ0n) is 15.6. The Hall–Kier alpha value is -1.65. The van der Waals surface area contributed by atoms with E-state index >= 15 is 0 Å². The van der Waals surface area contributed by atoms with Crippen LogP contribution in [-0.4, -0.2) is 23.9 Å². The van der Waals surface area contributed by atoms with Gasteiger partial charge in [-0.15, -0.1) is 0 Å². The highest BCUT2D eigenvalue weighted by atomic mass is 79.9. The zero-order valence-corrected chi connectivity index (χ0v) is 17.2. The standard InChI is InChI=1S/C22H27BrN2O/c1-3-18-8-4-6-16(2)21(18)24-22(26)19-10-12-25(13-11-19)15-17-7-5-9-20(23)14-17/h4-9,14,19H,3,10-13,15H2,1-2H3,(H,24,26). The molecule has 26 heavy (non-hydrogen) atoms. The van der Waals surface area contributed by atoms with Crippen molar-refractivity contribution < 1.29 is 4.79 Å². The van der Waals surface area contributed by atoms with E-state index in [4.69, 9.17) is 0 Å². The Morgan fingerprint density at radius 2 is 1.92 bits per heavy atom. The van der Waals surface area contributed by atoms with Crippen molar-refractivity contribution in [3.8, 4) is 0 Å². The third-order valence-electron chi connectivity index (χ3n) is 5.24. The Morgan fingerprint density at radius 3 is 2.62 bits per heavy atom. The quantitative estimate of drug-likeness (QED) is 0.731. The van der Waals surface area contributed by atoms with Gasteiger partial charge in [-0.05, 0) is 68.1 Å². The van der Waals surface area contributed by atoms with Crippen molar-refractivity contribution in [1.82, 2.24) is 4.90 Å². The first kappa shape index (κ1) is 19.1.